The van der Waals surface area contributed by atoms with E-state index in [4.69, 9.17) is 9.47 Å². The van der Waals surface area contributed by atoms with Crippen LogP contribution in [0, 0.1) is 5.92 Å². The number of hydrogen-bond donors (Lipinski definition) is 1. The van der Waals surface area contributed by atoms with E-state index in [1.807, 2.05) is 4.90 Å². The highest BCUT2D eigenvalue weighted by Gasteiger charge is 2.50. The molecule has 1 heterocycles. The fourth-order valence-corrected chi connectivity index (χ4v) is 5.92. The number of aliphatic hydroxyl groups is 1. The van der Waals surface area contributed by atoms with Crippen molar-refractivity contribution >= 4 is 11.6 Å². The number of carbonyl (C=O) groups is 1. The van der Waals surface area contributed by atoms with Gasteiger partial charge in [-0.2, -0.15) is 0 Å². The number of methoxy groups -OCH3 is 2. The van der Waals surface area contributed by atoms with E-state index in [1.165, 1.54) is 5.69 Å². The number of piperidine rings is 1. The highest BCUT2D eigenvalue weighted by Crippen LogP contribution is 2.50. The lowest BCUT2D eigenvalue weighted by Gasteiger charge is -2.52. The van der Waals surface area contributed by atoms with E-state index in [2.05, 4.69) is 43.0 Å². The molecule has 2 aromatic rings. The van der Waals surface area contributed by atoms with Gasteiger partial charge in [0.15, 0.2) is 0 Å². The third-order valence-electron chi connectivity index (χ3n) is 7.83. The summed E-state index contributed by atoms with van der Waals surface area (Å²) in [6, 6.07) is 13.7. The van der Waals surface area contributed by atoms with Crippen LogP contribution in [0.2, 0.25) is 0 Å². The number of fused-ring (bicyclic) bond motifs is 1. The van der Waals surface area contributed by atoms with Crippen LogP contribution >= 0.6 is 0 Å². The van der Waals surface area contributed by atoms with Crippen molar-refractivity contribution in [3.63, 3.8) is 0 Å². The number of carbonyl (C=O) groups excluding carboxylic acids is 1. The van der Waals surface area contributed by atoms with E-state index >= 15 is 0 Å². The summed E-state index contributed by atoms with van der Waals surface area (Å²) in [7, 11) is 3.17. The summed E-state index contributed by atoms with van der Waals surface area (Å²) in [5.74, 6) is 1.11. The summed E-state index contributed by atoms with van der Waals surface area (Å²) >= 11 is 0. The fourth-order valence-electron chi connectivity index (χ4n) is 5.92. The first-order valence-electron chi connectivity index (χ1n) is 12.6. The van der Waals surface area contributed by atoms with E-state index in [9.17, 15) is 9.90 Å². The van der Waals surface area contributed by atoms with Crippen LogP contribution in [-0.4, -0.2) is 55.4 Å². The Morgan fingerprint density at radius 1 is 1.06 bits per heavy atom. The van der Waals surface area contributed by atoms with Gasteiger partial charge in [-0.05, 0) is 62.9 Å². The van der Waals surface area contributed by atoms with Crippen molar-refractivity contribution in [1.29, 1.82) is 0 Å². The summed E-state index contributed by atoms with van der Waals surface area (Å²) < 4.78 is 10.9. The Labute approximate surface area is 203 Å². The largest absolute Gasteiger partial charge is 0.497 e. The van der Waals surface area contributed by atoms with Crippen LogP contribution in [0.1, 0.15) is 67.9 Å². The fraction of sp³-hybridized carbons (Fsp3) is 0.536. The van der Waals surface area contributed by atoms with Crippen LogP contribution in [0.25, 0.3) is 0 Å². The van der Waals surface area contributed by atoms with Crippen LogP contribution in [0.3, 0.4) is 0 Å². The molecule has 6 heteroatoms. The molecule has 0 aromatic heterocycles. The molecule has 184 valence electrons. The van der Waals surface area contributed by atoms with Crippen molar-refractivity contribution in [2.24, 2.45) is 5.92 Å². The molecule has 1 aliphatic heterocycles. The minimum atomic E-state index is -0.721. The molecule has 0 radical (unpaired) electrons. The van der Waals surface area contributed by atoms with Crippen LogP contribution < -0.4 is 14.4 Å². The molecule has 0 bridgehead atoms. The van der Waals surface area contributed by atoms with Gasteiger partial charge in [0, 0.05) is 37.3 Å². The van der Waals surface area contributed by atoms with Crippen molar-refractivity contribution in [1.82, 2.24) is 4.90 Å². The number of rotatable bonds is 7. The average Bonchev–Trinajstić information content (AvgIpc) is 2.88. The summed E-state index contributed by atoms with van der Waals surface area (Å²) in [5.41, 5.74) is 2.07. The van der Waals surface area contributed by atoms with Gasteiger partial charge >= 0.3 is 0 Å². The molecule has 1 saturated heterocycles. The Morgan fingerprint density at radius 3 is 2.44 bits per heavy atom. The second-order valence-electron chi connectivity index (χ2n) is 9.48. The lowest BCUT2D eigenvalue weighted by Crippen LogP contribution is -2.56. The number of amides is 1. The lowest BCUT2D eigenvalue weighted by atomic mass is 9.66. The van der Waals surface area contributed by atoms with Gasteiger partial charge in [-0.15, -0.1) is 0 Å². The molecular formula is C28H38N2O4. The van der Waals surface area contributed by atoms with Crippen LogP contribution in [-0.2, 0) is 0 Å². The number of nitrogens with zero attached hydrogens (tertiary/aromatic N) is 2. The number of likely N-dealkylation sites (tertiary alicyclic amines) is 1. The maximum absolute atomic E-state index is 13.9. The standard InChI is InChI=1S/C28H38N2O4/c1-5-29(6-2)21-12-10-20(11-13-21)26-24-9-7-8-16-28(24,32)17-18-30(26)27(31)23-15-14-22(33-3)19-25(23)34-4/h10-15,19,24,26,32H,5-9,16-18H2,1-4H3/t24-,26-,28+/m1/s1. The Morgan fingerprint density at radius 2 is 1.79 bits per heavy atom. The van der Waals surface area contributed by atoms with Crippen molar-refractivity contribution < 1.29 is 19.4 Å². The molecule has 0 spiro atoms. The quantitative estimate of drug-likeness (QED) is 0.618. The minimum Gasteiger partial charge on any atom is -0.497 e. The smallest absolute Gasteiger partial charge is 0.258 e. The first-order chi connectivity index (χ1) is 16.5. The zero-order valence-corrected chi connectivity index (χ0v) is 20.9. The SMILES string of the molecule is CCN(CC)c1ccc([C@@H]2[C@H]3CCCC[C@]3(O)CCN2C(=O)c2ccc(OC)cc2OC)cc1. The van der Waals surface area contributed by atoms with Crippen LogP contribution in [0.5, 0.6) is 11.5 Å². The van der Waals surface area contributed by atoms with Crippen molar-refractivity contribution in [2.45, 2.75) is 57.6 Å². The highest BCUT2D eigenvalue weighted by molar-refractivity contribution is 5.97. The molecule has 1 amide bonds. The predicted octanol–water partition coefficient (Wildman–Crippen LogP) is 5.06. The zero-order chi connectivity index (χ0) is 24.3. The van der Waals surface area contributed by atoms with E-state index in [0.29, 0.717) is 30.0 Å². The molecule has 2 aliphatic rings. The molecule has 2 aromatic carbocycles. The summed E-state index contributed by atoms with van der Waals surface area (Å²) in [4.78, 5) is 18.2. The van der Waals surface area contributed by atoms with Gasteiger partial charge in [0.1, 0.15) is 11.5 Å². The third kappa shape index (κ3) is 4.48. The monoisotopic (exact) mass is 466 g/mol. The summed E-state index contributed by atoms with van der Waals surface area (Å²) in [5, 5.41) is 11.6. The third-order valence-corrected chi connectivity index (χ3v) is 7.83. The van der Waals surface area contributed by atoms with Gasteiger partial charge in [-0.1, -0.05) is 25.0 Å². The second kappa shape index (κ2) is 10.3. The molecule has 6 nitrogen and oxygen atoms in total. The number of benzene rings is 2. The molecule has 2 fully saturated rings. The first kappa shape index (κ1) is 24.4. The van der Waals surface area contributed by atoms with Crippen molar-refractivity contribution in [2.75, 3.05) is 38.8 Å². The molecule has 34 heavy (non-hydrogen) atoms. The first-order valence-corrected chi connectivity index (χ1v) is 12.6. The average molecular weight is 467 g/mol. The topological polar surface area (TPSA) is 62.2 Å². The van der Waals surface area contributed by atoms with Gasteiger partial charge < -0.3 is 24.4 Å². The summed E-state index contributed by atoms with van der Waals surface area (Å²) in [6.45, 7) is 6.73. The highest BCUT2D eigenvalue weighted by atomic mass is 16.5. The Kier molecular flexibility index (Phi) is 7.36. The summed E-state index contributed by atoms with van der Waals surface area (Å²) in [6.07, 6.45) is 4.45. The van der Waals surface area contributed by atoms with Gasteiger partial charge in [-0.25, -0.2) is 0 Å². The molecule has 1 N–H and O–H groups in total. The van der Waals surface area contributed by atoms with Crippen LogP contribution in [0.15, 0.2) is 42.5 Å². The maximum atomic E-state index is 13.9. The molecule has 1 saturated carbocycles. The molecule has 3 atom stereocenters. The van der Waals surface area contributed by atoms with E-state index in [0.717, 1.165) is 44.3 Å². The number of hydrogen-bond acceptors (Lipinski definition) is 5. The maximum Gasteiger partial charge on any atom is 0.258 e. The number of anilines is 1. The molecule has 1 aliphatic carbocycles. The van der Waals surface area contributed by atoms with Gasteiger partial charge in [0.05, 0.1) is 31.4 Å². The molecular weight excluding hydrogens is 428 g/mol. The van der Waals surface area contributed by atoms with E-state index in [-0.39, 0.29) is 17.9 Å². The van der Waals surface area contributed by atoms with Gasteiger partial charge in [0.25, 0.3) is 5.91 Å². The van der Waals surface area contributed by atoms with E-state index in [1.54, 1.807) is 32.4 Å². The molecule has 4 rings (SSSR count). The zero-order valence-electron chi connectivity index (χ0n) is 20.9. The van der Waals surface area contributed by atoms with E-state index < -0.39 is 5.60 Å². The predicted molar refractivity (Wildman–Crippen MR) is 135 cm³/mol. The van der Waals surface area contributed by atoms with Crippen molar-refractivity contribution in [3.8, 4) is 11.5 Å². The van der Waals surface area contributed by atoms with Gasteiger partial charge in [0.2, 0.25) is 0 Å². The Bertz CT molecular complexity index is 988. The Balaban J connectivity index is 1.73. The lowest BCUT2D eigenvalue weighted by molar-refractivity contribution is -0.115. The van der Waals surface area contributed by atoms with Crippen LogP contribution in [0.4, 0.5) is 5.69 Å². The minimum absolute atomic E-state index is 0.0162. The molecule has 0 unspecified atom stereocenters. The second-order valence-corrected chi connectivity index (χ2v) is 9.48. The normalized spacial score (nSPS) is 24.3. The van der Waals surface area contributed by atoms with Gasteiger partial charge in [-0.3, -0.25) is 4.79 Å². The number of ether oxygens (including phenoxy) is 2. The Hall–Kier alpha value is -2.73. The van der Waals surface area contributed by atoms with Crippen molar-refractivity contribution in [3.05, 3.63) is 53.6 Å².